The van der Waals surface area contributed by atoms with Crippen molar-refractivity contribution in [1.82, 2.24) is 9.97 Å². The molecule has 6 heteroatoms. The zero-order chi connectivity index (χ0) is 12.1. The maximum atomic E-state index is 11.1. The summed E-state index contributed by atoms with van der Waals surface area (Å²) in [5.41, 5.74) is 0.648. The summed E-state index contributed by atoms with van der Waals surface area (Å²) in [6.07, 6.45) is 0. The molecule has 1 rings (SSSR count). The molecule has 1 aromatic heterocycles. The lowest BCUT2D eigenvalue weighted by atomic mass is 10.2. The molecule has 1 N–H and O–H groups in total. The van der Waals surface area contributed by atoms with E-state index in [9.17, 15) is 4.79 Å². The summed E-state index contributed by atoms with van der Waals surface area (Å²) < 4.78 is 5.16. The van der Waals surface area contributed by atoms with Crippen LogP contribution in [0.4, 0.5) is 0 Å². The molecule has 0 aliphatic heterocycles. The molecule has 0 radical (unpaired) electrons. The number of aromatic carboxylic acids is 1. The van der Waals surface area contributed by atoms with Crippen molar-refractivity contribution in [1.29, 1.82) is 0 Å². The Morgan fingerprint density at radius 2 is 2.12 bits per heavy atom. The Kier molecular flexibility index (Phi) is 4.70. The lowest BCUT2D eigenvalue weighted by molar-refractivity contribution is 0.0690. The first-order valence-electron chi connectivity index (χ1n) is 4.85. The van der Waals surface area contributed by atoms with Crippen LogP contribution in [0, 0.1) is 13.8 Å². The first kappa shape index (κ1) is 12.9. The van der Waals surface area contributed by atoms with E-state index in [1.165, 1.54) is 11.8 Å². The van der Waals surface area contributed by atoms with Gasteiger partial charge in [0.1, 0.15) is 16.4 Å². The van der Waals surface area contributed by atoms with Gasteiger partial charge in [0.2, 0.25) is 0 Å². The average molecular weight is 242 g/mol. The molecule has 5 nitrogen and oxygen atoms in total. The zero-order valence-corrected chi connectivity index (χ0v) is 10.3. The minimum Gasteiger partial charge on any atom is -0.478 e. The summed E-state index contributed by atoms with van der Waals surface area (Å²) >= 11 is 1.27. The summed E-state index contributed by atoms with van der Waals surface area (Å²) in [5, 5.41) is 9.52. The van der Waals surface area contributed by atoms with Crippen LogP contribution in [-0.4, -0.2) is 33.6 Å². The zero-order valence-electron chi connectivity index (χ0n) is 9.48. The summed E-state index contributed by atoms with van der Waals surface area (Å²) in [7, 11) is 0. The van der Waals surface area contributed by atoms with Gasteiger partial charge >= 0.3 is 5.97 Å². The Labute approximate surface area is 98.3 Å². The number of aryl methyl sites for hydroxylation is 2. The fourth-order valence-electron chi connectivity index (χ4n) is 1.21. The van der Waals surface area contributed by atoms with Crippen LogP contribution in [0.2, 0.25) is 0 Å². The highest BCUT2D eigenvalue weighted by atomic mass is 32.2. The molecule has 0 aliphatic rings. The quantitative estimate of drug-likeness (QED) is 0.368. The summed E-state index contributed by atoms with van der Waals surface area (Å²) in [6, 6.07) is 0. The van der Waals surface area contributed by atoms with Crippen molar-refractivity contribution in [3.05, 3.63) is 17.1 Å². The number of carboxylic acids is 1. The molecule has 0 unspecified atom stereocenters. The molecule has 0 spiro atoms. The number of hydrogen-bond donors (Lipinski definition) is 1. The predicted molar refractivity (Wildman–Crippen MR) is 60.8 cm³/mol. The van der Waals surface area contributed by atoms with E-state index in [1.807, 2.05) is 6.92 Å². The van der Waals surface area contributed by atoms with Gasteiger partial charge in [-0.25, -0.2) is 14.8 Å². The first-order chi connectivity index (χ1) is 7.56. The van der Waals surface area contributed by atoms with E-state index in [-0.39, 0.29) is 5.56 Å². The molecule has 0 amide bonds. The molecule has 1 heterocycles. The van der Waals surface area contributed by atoms with Crippen molar-refractivity contribution in [2.75, 3.05) is 12.5 Å². The smallest absolute Gasteiger partial charge is 0.340 e. The van der Waals surface area contributed by atoms with Gasteiger partial charge < -0.3 is 9.84 Å². The minimum atomic E-state index is -1.00. The molecule has 0 bridgehead atoms. The van der Waals surface area contributed by atoms with E-state index in [4.69, 9.17) is 9.84 Å². The van der Waals surface area contributed by atoms with Crippen molar-refractivity contribution in [2.24, 2.45) is 0 Å². The second-order valence-electron chi connectivity index (χ2n) is 3.10. The van der Waals surface area contributed by atoms with Crippen LogP contribution >= 0.6 is 11.8 Å². The van der Waals surface area contributed by atoms with E-state index in [0.717, 1.165) is 0 Å². The number of thioether (sulfide) groups is 1. The number of nitrogens with zero attached hydrogens (tertiary/aromatic N) is 2. The average Bonchev–Trinajstić information content (AvgIpc) is 2.16. The lowest BCUT2D eigenvalue weighted by Gasteiger charge is -2.08. The number of aromatic nitrogens is 2. The van der Waals surface area contributed by atoms with Gasteiger partial charge in [0, 0.05) is 6.61 Å². The molecule has 0 aliphatic carbocycles. The largest absolute Gasteiger partial charge is 0.478 e. The molecule has 88 valence electrons. The van der Waals surface area contributed by atoms with Gasteiger partial charge in [-0.2, -0.15) is 0 Å². The fourth-order valence-corrected chi connectivity index (χ4v) is 2.15. The molecule has 0 aromatic carbocycles. The Morgan fingerprint density at radius 1 is 1.44 bits per heavy atom. The maximum Gasteiger partial charge on any atom is 0.340 e. The molecule has 16 heavy (non-hydrogen) atoms. The Hall–Kier alpha value is -1.14. The second kappa shape index (κ2) is 5.81. The monoisotopic (exact) mass is 242 g/mol. The lowest BCUT2D eigenvalue weighted by Crippen LogP contribution is -2.08. The van der Waals surface area contributed by atoms with Crippen LogP contribution in [-0.2, 0) is 4.74 Å². The highest BCUT2D eigenvalue weighted by Gasteiger charge is 2.17. The Morgan fingerprint density at radius 3 is 2.69 bits per heavy atom. The molecule has 1 aromatic rings. The number of carbonyl (C=O) groups is 1. The molecule has 0 fully saturated rings. The van der Waals surface area contributed by atoms with E-state index in [0.29, 0.717) is 29.1 Å². The van der Waals surface area contributed by atoms with Crippen LogP contribution in [0.5, 0.6) is 0 Å². The molecule has 0 saturated heterocycles. The third-order valence-electron chi connectivity index (χ3n) is 1.87. The van der Waals surface area contributed by atoms with Crippen molar-refractivity contribution in [2.45, 2.75) is 25.8 Å². The van der Waals surface area contributed by atoms with Gasteiger partial charge in [0.05, 0.1) is 11.6 Å². The standard InChI is InChI=1S/C10H14N2O3S/c1-4-15-5-16-9-8(10(13)14)6(2)11-7(3)12-9/h4-5H2,1-3H3,(H,13,14). The van der Waals surface area contributed by atoms with Gasteiger partial charge in [-0.3, -0.25) is 0 Å². The van der Waals surface area contributed by atoms with Crippen LogP contribution in [0.3, 0.4) is 0 Å². The molecular weight excluding hydrogens is 228 g/mol. The molecule has 0 atom stereocenters. The number of ether oxygens (including phenoxy) is 1. The number of carboxylic acid groups (broad SMARTS) is 1. The molecular formula is C10H14N2O3S. The fraction of sp³-hybridized carbons (Fsp3) is 0.500. The topological polar surface area (TPSA) is 72.3 Å². The Balaban J connectivity index is 2.99. The molecule has 0 saturated carbocycles. The van der Waals surface area contributed by atoms with E-state index in [2.05, 4.69) is 9.97 Å². The van der Waals surface area contributed by atoms with Crippen LogP contribution < -0.4 is 0 Å². The van der Waals surface area contributed by atoms with Gasteiger partial charge in [0.15, 0.2) is 0 Å². The van der Waals surface area contributed by atoms with E-state index in [1.54, 1.807) is 13.8 Å². The SMILES string of the molecule is CCOCSc1nc(C)nc(C)c1C(=O)O. The summed E-state index contributed by atoms with van der Waals surface area (Å²) in [5.74, 6) is -0.0369. The van der Waals surface area contributed by atoms with Gasteiger partial charge in [-0.05, 0) is 20.8 Å². The number of hydrogen-bond acceptors (Lipinski definition) is 5. The first-order valence-corrected chi connectivity index (χ1v) is 5.84. The second-order valence-corrected chi connectivity index (χ2v) is 4.01. The van der Waals surface area contributed by atoms with Crippen LogP contribution in [0.25, 0.3) is 0 Å². The minimum absolute atomic E-state index is 0.162. The third-order valence-corrected chi connectivity index (χ3v) is 2.72. The van der Waals surface area contributed by atoms with Gasteiger partial charge in [-0.1, -0.05) is 11.8 Å². The van der Waals surface area contributed by atoms with Crippen LogP contribution in [0.15, 0.2) is 5.03 Å². The van der Waals surface area contributed by atoms with Gasteiger partial charge in [-0.15, -0.1) is 0 Å². The summed E-state index contributed by atoms with van der Waals surface area (Å²) in [6.45, 7) is 5.89. The van der Waals surface area contributed by atoms with E-state index < -0.39 is 5.97 Å². The summed E-state index contributed by atoms with van der Waals surface area (Å²) in [4.78, 5) is 19.2. The third kappa shape index (κ3) is 3.18. The highest BCUT2D eigenvalue weighted by Crippen LogP contribution is 2.22. The highest BCUT2D eigenvalue weighted by molar-refractivity contribution is 7.99. The van der Waals surface area contributed by atoms with Crippen molar-refractivity contribution >= 4 is 17.7 Å². The Bertz CT molecular complexity index is 396. The normalized spacial score (nSPS) is 10.4. The predicted octanol–water partition coefficient (Wildman–Crippen LogP) is 1.88. The van der Waals surface area contributed by atoms with Crippen molar-refractivity contribution < 1.29 is 14.6 Å². The van der Waals surface area contributed by atoms with Crippen molar-refractivity contribution in [3.8, 4) is 0 Å². The van der Waals surface area contributed by atoms with Crippen molar-refractivity contribution in [3.63, 3.8) is 0 Å². The van der Waals surface area contributed by atoms with Gasteiger partial charge in [0.25, 0.3) is 0 Å². The number of rotatable bonds is 5. The van der Waals surface area contributed by atoms with Crippen LogP contribution in [0.1, 0.15) is 28.8 Å². The van der Waals surface area contributed by atoms with E-state index >= 15 is 0 Å². The maximum absolute atomic E-state index is 11.1.